The van der Waals surface area contributed by atoms with E-state index in [2.05, 4.69) is 0 Å². The van der Waals surface area contributed by atoms with Gasteiger partial charge in [-0.1, -0.05) is 6.92 Å². The van der Waals surface area contributed by atoms with Gasteiger partial charge in [0.1, 0.15) is 0 Å². The third-order valence-corrected chi connectivity index (χ3v) is 4.66. The predicted octanol–water partition coefficient (Wildman–Crippen LogP) is -0.776. The minimum atomic E-state index is -4.88. The molecule has 9 heavy (non-hydrogen) atoms. The quantitative estimate of drug-likeness (QED) is 0.438. The first kappa shape index (κ1) is 8.86. The average Bonchev–Trinajstić information content (AvgIpc) is 1.64. The van der Waals surface area contributed by atoms with Crippen LogP contribution in [0.3, 0.4) is 0 Å². The number of hydrogen-bond donors (Lipinski definition) is 1. The Bertz CT molecular complexity index is 268. The van der Waals surface area contributed by atoms with E-state index < -0.39 is 23.8 Å². The second-order valence-electron chi connectivity index (χ2n) is 1.27. The molecule has 0 bridgehead atoms. The molecule has 5 nitrogen and oxygen atoms in total. The summed E-state index contributed by atoms with van der Waals surface area (Å²) in [4.78, 5) is 0. The molecule has 0 spiro atoms. The third kappa shape index (κ3) is 1.92. The lowest BCUT2D eigenvalue weighted by Crippen LogP contribution is -2.15. The zero-order chi connectivity index (χ0) is 7.71. The molecule has 0 aromatic carbocycles. The Kier molecular flexibility index (Phi) is 2.20. The van der Waals surface area contributed by atoms with E-state index in [-0.39, 0.29) is 0 Å². The number of rotatable bonds is 2. The maximum Gasteiger partial charge on any atom is 0.372 e. The van der Waals surface area contributed by atoms with Gasteiger partial charge in [0.2, 0.25) is 0 Å². The minimum absolute atomic E-state index is 0.605. The molecular weight excluding hydrogens is 168 g/mol. The van der Waals surface area contributed by atoms with Gasteiger partial charge in [0.15, 0.2) is 0 Å². The zero-order valence-electron chi connectivity index (χ0n) is 4.60. The van der Waals surface area contributed by atoms with E-state index >= 15 is 0 Å². The largest absolute Gasteiger partial charge is 0.372 e. The van der Waals surface area contributed by atoms with Crippen molar-refractivity contribution in [3.8, 4) is 0 Å². The molecule has 0 aliphatic heterocycles. The topological polar surface area (TPSA) is 88.5 Å². The summed E-state index contributed by atoms with van der Waals surface area (Å²) in [6, 6.07) is 0. The molecule has 0 unspecified atom stereocenters. The highest BCUT2D eigenvalue weighted by atomic mass is 33.2. The van der Waals surface area contributed by atoms with Crippen molar-refractivity contribution in [2.75, 3.05) is 5.75 Å². The van der Waals surface area contributed by atoms with Gasteiger partial charge < -0.3 is 0 Å². The summed E-state index contributed by atoms with van der Waals surface area (Å²) in [6.45, 7) is 1.13. The van der Waals surface area contributed by atoms with Gasteiger partial charge in [-0.05, 0) is 0 Å². The predicted molar refractivity (Wildman–Crippen MR) is 31.0 cm³/mol. The van der Waals surface area contributed by atoms with Gasteiger partial charge in [-0.2, -0.15) is 8.42 Å². The molecule has 0 aromatic rings. The Morgan fingerprint density at radius 2 is 1.56 bits per heavy atom. The van der Waals surface area contributed by atoms with Crippen LogP contribution in [0.15, 0.2) is 0 Å². The van der Waals surface area contributed by atoms with Crippen molar-refractivity contribution in [3.63, 3.8) is 0 Å². The Hall–Kier alpha value is -0.140. The summed E-state index contributed by atoms with van der Waals surface area (Å²) >= 11 is 0. The van der Waals surface area contributed by atoms with Crippen LogP contribution >= 0.6 is 0 Å². The van der Waals surface area contributed by atoms with E-state index in [1.54, 1.807) is 0 Å². The van der Waals surface area contributed by atoms with Crippen LogP contribution in [0.25, 0.3) is 0 Å². The first-order valence-corrected chi connectivity index (χ1v) is 5.62. The molecule has 0 aromatic heterocycles. The van der Waals surface area contributed by atoms with Gasteiger partial charge >= 0.3 is 9.15 Å². The SMILES string of the molecule is CCS(=O)(=O)S(=O)(=O)O. The van der Waals surface area contributed by atoms with E-state index in [4.69, 9.17) is 4.55 Å². The van der Waals surface area contributed by atoms with Crippen molar-refractivity contribution in [2.24, 2.45) is 0 Å². The van der Waals surface area contributed by atoms with Gasteiger partial charge in [0.25, 0.3) is 8.87 Å². The number of hydrogen-bond acceptors (Lipinski definition) is 4. The molecule has 0 radical (unpaired) electrons. The highest BCUT2D eigenvalue weighted by molar-refractivity contribution is 8.64. The average molecular weight is 174 g/mol. The summed E-state index contributed by atoms with van der Waals surface area (Å²) in [5.41, 5.74) is 0. The highest BCUT2D eigenvalue weighted by Gasteiger charge is 2.23. The third-order valence-electron chi connectivity index (χ3n) is 0.674. The van der Waals surface area contributed by atoms with Crippen LogP contribution in [-0.4, -0.2) is 27.1 Å². The summed E-state index contributed by atoms with van der Waals surface area (Å²) < 4.78 is 48.0. The summed E-state index contributed by atoms with van der Waals surface area (Å²) in [7, 11) is -9.19. The van der Waals surface area contributed by atoms with Crippen LogP contribution < -0.4 is 0 Å². The zero-order valence-corrected chi connectivity index (χ0v) is 6.24. The van der Waals surface area contributed by atoms with Crippen molar-refractivity contribution < 1.29 is 21.4 Å². The molecule has 0 heterocycles. The van der Waals surface area contributed by atoms with Gasteiger partial charge in [-0.15, -0.1) is 0 Å². The molecular formula is C2H6O5S2. The molecule has 0 aliphatic carbocycles. The fraction of sp³-hybridized carbons (Fsp3) is 1.00. The maximum absolute atomic E-state index is 10.2. The maximum atomic E-state index is 10.2. The van der Waals surface area contributed by atoms with Crippen molar-refractivity contribution in [2.45, 2.75) is 6.92 Å². The molecule has 0 saturated carbocycles. The lowest BCUT2D eigenvalue weighted by molar-refractivity contribution is 0.493. The standard InChI is InChI=1S/C2H6O5S2/c1-2-8(3,4)9(5,6)7/h2H2,1H3,(H,5,6,7). The molecule has 0 atom stereocenters. The van der Waals surface area contributed by atoms with Crippen LogP contribution in [0, 0.1) is 0 Å². The fourth-order valence-corrected chi connectivity index (χ4v) is 1.34. The van der Waals surface area contributed by atoms with E-state index in [0.717, 1.165) is 6.92 Å². The second-order valence-corrected chi connectivity index (χ2v) is 6.61. The van der Waals surface area contributed by atoms with Crippen LogP contribution in [0.1, 0.15) is 6.92 Å². The summed E-state index contributed by atoms with van der Waals surface area (Å²) in [5, 5.41) is 0. The lowest BCUT2D eigenvalue weighted by Gasteiger charge is -1.91. The Labute approximate surface area is 52.8 Å². The van der Waals surface area contributed by atoms with Gasteiger partial charge in [0.05, 0.1) is 5.75 Å². The highest BCUT2D eigenvalue weighted by Crippen LogP contribution is 1.97. The van der Waals surface area contributed by atoms with Crippen molar-refractivity contribution in [1.29, 1.82) is 0 Å². The molecule has 7 heteroatoms. The Morgan fingerprint density at radius 3 is 1.56 bits per heavy atom. The Morgan fingerprint density at radius 1 is 1.22 bits per heavy atom. The normalized spacial score (nSPS) is 13.6. The first-order chi connectivity index (χ1) is 3.81. The smallest absolute Gasteiger partial charge is 0.274 e. The van der Waals surface area contributed by atoms with Gasteiger partial charge in [-0.25, -0.2) is 8.42 Å². The first-order valence-electron chi connectivity index (χ1n) is 2.01. The molecule has 0 aliphatic rings. The molecule has 56 valence electrons. The molecule has 0 rings (SSSR count). The Balaban J connectivity index is 5.07. The molecule has 1 N–H and O–H groups in total. The van der Waals surface area contributed by atoms with Crippen molar-refractivity contribution in [3.05, 3.63) is 0 Å². The fourth-order valence-electron chi connectivity index (χ4n) is 0.149. The van der Waals surface area contributed by atoms with E-state index in [1.165, 1.54) is 0 Å². The van der Waals surface area contributed by atoms with Gasteiger partial charge in [-0.3, -0.25) is 4.55 Å². The molecule has 0 saturated heterocycles. The summed E-state index contributed by atoms with van der Waals surface area (Å²) in [5.74, 6) is -0.605. The van der Waals surface area contributed by atoms with E-state index in [9.17, 15) is 16.8 Å². The molecule has 0 amide bonds. The van der Waals surface area contributed by atoms with Crippen molar-refractivity contribution >= 4 is 18.0 Å². The van der Waals surface area contributed by atoms with Crippen molar-refractivity contribution in [1.82, 2.24) is 0 Å². The van der Waals surface area contributed by atoms with E-state index in [0.29, 0.717) is 0 Å². The molecule has 0 fully saturated rings. The second kappa shape index (κ2) is 2.24. The monoisotopic (exact) mass is 174 g/mol. The van der Waals surface area contributed by atoms with Crippen LogP contribution in [0.4, 0.5) is 0 Å². The lowest BCUT2D eigenvalue weighted by atomic mass is 11.0. The van der Waals surface area contributed by atoms with Gasteiger partial charge in [0, 0.05) is 0 Å². The van der Waals surface area contributed by atoms with Crippen LogP contribution in [0.5, 0.6) is 0 Å². The van der Waals surface area contributed by atoms with Crippen LogP contribution in [0.2, 0.25) is 0 Å². The minimum Gasteiger partial charge on any atom is -0.274 e. The summed E-state index contributed by atoms with van der Waals surface area (Å²) in [6.07, 6.45) is 0. The van der Waals surface area contributed by atoms with E-state index in [1.807, 2.05) is 0 Å². The van der Waals surface area contributed by atoms with Crippen LogP contribution in [-0.2, 0) is 18.0 Å².